The van der Waals surface area contributed by atoms with E-state index in [0.717, 1.165) is 19.4 Å². The third-order valence-corrected chi connectivity index (χ3v) is 5.79. The molecule has 2 heterocycles. The summed E-state index contributed by atoms with van der Waals surface area (Å²) in [6.45, 7) is 2.44. The fraction of sp³-hybridized carbons (Fsp3) is 1.00. The van der Waals surface area contributed by atoms with E-state index in [2.05, 4.69) is 5.32 Å². The molecule has 0 saturated carbocycles. The van der Waals surface area contributed by atoms with Gasteiger partial charge in [-0.25, -0.2) is 12.7 Å². The van der Waals surface area contributed by atoms with Crippen LogP contribution in [0.25, 0.3) is 0 Å². The van der Waals surface area contributed by atoms with Crippen molar-refractivity contribution in [3.63, 3.8) is 0 Å². The molecule has 0 aliphatic carbocycles. The molecule has 0 radical (unpaired) electrons. The molecule has 2 fully saturated rings. The molecule has 0 bridgehead atoms. The van der Waals surface area contributed by atoms with Crippen LogP contribution in [0.2, 0.25) is 0 Å². The number of nitrogens with zero attached hydrogens (tertiary/aromatic N) is 1. The molecule has 0 aromatic heterocycles. The molecule has 2 rings (SSSR count). The van der Waals surface area contributed by atoms with E-state index in [1.54, 1.807) is 4.31 Å². The van der Waals surface area contributed by atoms with Crippen LogP contribution in [0.4, 0.5) is 0 Å². The number of piperidine rings is 2. The first-order valence-corrected chi connectivity index (χ1v) is 7.49. The highest BCUT2D eigenvalue weighted by atomic mass is 32.2. The van der Waals surface area contributed by atoms with Crippen LogP contribution in [0.15, 0.2) is 0 Å². The maximum Gasteiger partial charge on any atom is 0.218 e. The number of sulfonamides is 1. The van der Waals surface area contributed by atoms with Gasteiger partial charge in [-0.15, -0.1) is 0 Å². The van der Waals surface area contributed by atoms with Crippen molar-refractivity contribution in [3.8, 4) is 0 Å². The maximum absolute atomic E-state index is 12.3. The van der Waals surface area contributed by atoms with Crippen LogP contribution in [0.3, 0.4) is 0 Å². The van der Waals surface area contributed by atoms with Gasteiger partial charge in [0, 0.05) is 19.6 Å². The lowest BCUT2D eigenvalue weighted by atomic mass is 10.1. The predicted molar refractivity (Wildman–Crippen MR) is 61.6 cm³/mol. The Morgan fingerprint density at radius 1 is 1.19 bits per heavy atom. The van der Waals surface area contributed by atoms with E-state index in [1.807, 2.05) is 0 Å². The number of aliphatic hydroxyl groups excluding tert-OH is 1. The molecule has 5 nitrogen and oxygen atoms in total. The van der Waals surface area contributed by atoms with E-state index in [9.17, 15) is 13.5 Å². The molecule has 0 amide bonds. The van der Waals surface area contributed by atoms with Gasteiger partial charge in [0.15, 0.2) is 0 Å². The Bertz CT molecular complexity index is 317. The van der Waals surface area contributed by atoms with Crippen molar-refractivity contribution < 1.29 is 13.5 Å². The largest absolute Gasteiger partial charge is 0.393 e. The maximum atomic E-state index is 12.3. The molecular formula is C10H20N2O3S. The average molecular weight is 248 g/mol. The van der Waals surface area contributed by atoms with Gasteiger partial charge in [-0.3, -0.25) is 0 Å². The monoisotopic (exact) mass is 248 g/mol. The minimum Gasteiger partial charge on any atom is -0.393 e. The Kier molecular flexibility index (Phi) is 3.84. The normalized spacial score (nSPS) is 30.4. The molecule has 1 unspecified atom stereocenters. The number of aliphatic hydroxyl groups is 1. The third-order valence-electron chi connectivity index (χ3n) is 3.46. The van der Waals surface area contributed by atoms with E-state index in [1.165, 1.54) is 0 Å². The number of hydrogen-bond acceptors (Lipinski definition) is 4. The summed E-state index contributed by atoms with van der Waals surface area (Å²) in [5.74, 6) is 0. The minimum absolute atomic E-state index is 0.267. The van der Waals surface area contributed by atoms with Gasteiger partial charge in [0.25, 0.3) is 0 Å². The van der Waals surface area contributed by atoms with E-state index in [4.69, 9.17) is 0 Å². The number of nitrogens with one attached hydrogen (secondary N) is 1. The summed E-state index contributed by atoms with van der Waals surface area (Å²) in [6.07, 6.45) is 2.50. The Balaban J connectivity index is 2.00. The zero-order valence-electron chi connectivity index (χ0n) is 9.43. The smallest absolute Gasteiger partial charge is 0.218 e. The van der Waals surface area contributed by atoms with Crippen molar-refractivity contribution in [3.05, 3.63) is 0 Å². The van der Waals surface area contributed by atoms with Crippen LogP contribution in [0.1, 0.15) is 25.7 Å². The Labute approximate surface area is 96.9 Å². The van der Waals surface area contributed by atoms with E-state index in [-0.39, 0.29) is 11.4 Å². The molecule has 2 aliphatic rings. The fourth-order valence-electron chi connectivity index (χ4n) is 2.38. The fourth-order valence-corrected chi connectivity index (χ4v) is 4.32. The highest BCUT2D eigenvalue weighted by Gasteiger charge is 2.34. The summed E-state index contributed by atoms with van der Waals surface area (Å²) in [7, 11) is -3.15. The van der Waals surface area contributed by atoms with Crippen LogP contribution in [0.5, 0.6) is 0 Å². The van der Waals surface area contributed by atoms with Crippen LogP contribution in [0, 0.1) is 0 Å². The molecule has 0 aromatic rings. The first-order valence-electron chi connectivity index (χ1n) is 5.98. The molecule has 0 aromatic carbocycles. The third kappa shape index (κ3) is 2.56. The van der Waals surface area contributed by atoms with Crippen LogP contribution >= 0.6 is 0 Å². The van der Waals surface area contributed by atoms with Gasteiger partial charge in [0.2, 0.25) is 10.0 Å². The Morgan fingerprint density at radius 3 is 2.44 bits per heavy atom. The predicted octanol–water partition coefficient (Wildman–Crippen LogP) is -0.475. The second-order valence-corrected chi connectivity index (χ2v) is 6.86. The molecule has 2 aliphatic heterocycles. The lowest BCUT2D eigenvalue weighted by molar-refractivity contribution is 0.112. The summed E-state index contributed by atoms with van der Waals surface area (Å²) in [4.78, 5) is 0. The lowest BCUT2D eigenvalue weighted by Crippen LogP contribution is -2.49. The standard InChI is InChI=1S/C10H20N2O3S/c13-9-3-6-12(7-4-9)16(14,15)10-2-1-5-11-8-10/h9-11,13H,1-8H2. The van der Waals surface area contributed by atoms with E-state index in [0.29, 0.717) is 32.5 Å². The first-order chi connectivity index (χ1) is 7.60. The Morgan fingerprint density at radius 2 is 1.88 bits per heavy atom. The van der Waals surface area contributed by atoms with Crippen molar-refractivity contribution in [2.75, 3.05) is 26.2 Å². The number of hydrogen-bond donors (Lipinski definition) is 2. The molecule has 1 atom stereocenters. The summed E-state index contributed by atoms with van der Waals surface area (Å²) in [5.41, 5.74) is 0. The summed E-state index contributed by atoms with van der Waals surface area (Å²) < 4.78 is 26.1. The highest BCUT2D eigenvalue weighted by molar-refractivity contribution is 7.89. The molecule has 2 saturated heterocycles. The van der Waals surface area contributed by atoms with Gasteiger partial charge in [0.1, 0.15) is 0 Å². The highest BCUT2D eigenvalue weighted by Crippen LogP contribution is 2.20. The van der Waals surface area contributed by atoms with Gasteiger partial charge in [-0.2, -0.15) is 0 Å². The van der Waals surface area contributed by atoms with Crippen molar-refractivity contribution >= 4 is 10.0 Å². The van der Waals surface area contributed by atoms with Crippen LogP contribution in [-0.2, 0) is 10.0 Å². The second-order valence-electron chi connectivity index (χ2n) is 4.64. The van der Waals surface area contributed by atoms with E-state index >= 15 is 0 Å². The minimum atomic E-state index is -3.15. The van der Waals surface area contributed by atoms with Crippen molar-refractivity contribution in [2.45, 2.75) is 37.0 Å². The molecule has 0 spiro atoms. The second kappa shape index (κ2) is 5.00. The van der Waals surface area contributed by atoms with Crippen LogP contribution in [-0.4, -0.2) is 55.4 Å². The van der Waals surface area contributed by atoms with E-state index < -0.39 is 10.0 Å². The quantitative estimate of drug-likeness (QED) is 0.693. The summed E-state index contributed by atoms with van der Waals surface area (Å²) in [6, 6.07) is 0. The van der Waals surface area contributed by atoms with Gasteiger partial charge >= 0.3 is 0 Å². The zero-order chi connectivity index (χ0) is 11.6. The SMILES string of the molecule is O=S(=O)(C1CCCNC1)N1CCC(O)CC1. The van der Waals surface area contributed by atoms with Crippen molar-refractivity contribution in [1.29, 1.82) is 0 Å². The Hall–Kier alpha value is -0.170. The number of rotatable bonds is 2. The zero-order valence-corrected chi connectivity index (χ0v) is 10.2. The van der Waals surface area contributed by atoms with Crippen LogP contribution < -0.4 is 5.32 Å². The van der Waals surface area contributed by atoms with Gasteiger partial charge in [-0.1, -0.05) is 0 Å². The molecule has 2 N–H and O–H groups in total. The summed E-state index contributed by atoms with van der Waals surface area (Å²) in [5, 5.41) is 12.2. The molecule has 6 heteroatoms. The molecular weight excluding hydrogens is 228 g/mol. The first kappa shape index (κ1) is 12.3. The van der Waals surface area contributed by atoms with Gasteiger partial charge < -0.3 is 10.4 Å². The van der Waals surface area contributed by atoms with Gasteiger partial charge in [-0.05, 0) is 32.2 Å². The van der Waals surface area contributed by atoms with Gasteiger partial charge in [0.05, 0.1) is 11.4 Å². The lowest BCUT2D eigenvalue weighted by Gasteiger charge is -2.33. The topological polar surface area (TPSA) is 69.6 Å². The summed E-state index contributed by atoms with van der Waals surface area (Å²) >= 11 is 0. The molecule has 16 heavy (non-hydrogen) atoms. The van der Waals surface area contributed by atoms with Crippen molar-refractivity contribution in [2.24, 2.45) is 0 Å². The van der Waals surface area contributed by atoms with Crippen molar-refractivity contribution in [1.82, 2.24) is 9.62 Å². The average Bonchev–Trinajstić information content (AvgIpc) is 2.31. The molecule has 94 valence electrons.